The number of hydrogen-bond acceptors (Lipinski definition) is 4. The maximum absolute atomic E-state index is 11.5. The highest BCUT2D eigenvalue weighted by Gasteiger charge is 2.29. The standard InChI is InChI=1S/C10H14N2O4/c1-4-16-9(14)8-5-12(7(3)13)10(15)11-6(8)2/h4-5H2,1-3H3,(H,11,15). The van der Waals surface area contributed by atoms with Crippen molar-refractivity contribution in [3.05, 3.63) is 11.3 Å². The second-order valence-corrected chi connectivity index (χ2v) is 3.36. The first-order valence-corrected chi connectivity index (χ1v) is 4.93. The average molecular weight is 226 g/mol. The van der Waals surface area contributed by atoms with Crippen molar-refractivity contribution in [3.63, 3.8) is 0 Å². The number of esters is 1. The summed E-state index contributed by atoms with van der Waals surface area (Å²) in [5.74, 6) is -0.918. The van der Waals surface area contributed by atoms with Crippen LogP contribution in [0.15, 0.2) is 11.3 Å². The van der Waals surface area contributed by atoms with Gasteiger partial charge in [0, 0.05) is 12.6 Å². The Morgan fingerprint density at radius 1 is 1.50 bits per heavy atom. The number of rotatable bonds is 2. The number of hydrogen-bond donors (Lipinski definition) is 1. The number of urea groups is 1. The van der Waals surface area contributed by atoms with Crippen LogP contribution < -0.4 is 5.32 Å². The van der Waals surface area contributed by atoms with Crippen LogP contribution in [-0.2, 0) is 14.3 Å². The van der Waals surface area contributed by atoms with Gasteiger partial charge in [-0.1, -0.05) is 0 Å². The van der Waals surface area contributed by atoms with E-state index in [0.717, 1.165) is 4.90 Å². The van der Waals surface area contributed by atoms with Crippen molar-refractivity contribution in [2.75, 3.05) is 13.2 Å². The predicted molar refractivity (Wildman–Crippen MR) is 55.3 cm³/mol. The van der Waals surface area contributed by atoms with Gasteiger partial charge in [-0.3, -0.25) is 9.69 Å². The molecule has 0 saturated heterocycles. The normalized spacial score (nSPS) is 15.9. The zero-order chi connectivity index (χ0) is 12.3. The number of nitrogens with one attached hydrogen (secondary N) is 1. The van der Waals surface area contributed by atoms with Gasteiger partial charge >= 0.3 is 12.0 Å². The summed E-state index contributed by atoms with van der Waals surface area (Å²) < 4.78 is 4.83. The first kappa shape index (κ1) is 12.2. The molecule has 1 N–H and O–H groups in total. The zero-order valence-corrected chi connectivity index (χ0v) is 9.49. The van der Waals surface area contributed by atoms with Crippen molar-refractivity contribution in [2.45, 2.75) is 20.8 Å². The maximum Gasteiger partial charge on any atom is 0.337 e. The molecule has 0 unspecified atom stereocenters. The third kappa shape index (κ3) is 2.39. The van der Waals surface area contributed by atoms with Crippen LogP contribution in [0.2, 0.25) is 0 Å². The van der Waals surface area contributed by atoms with Gasteiger partial charge in [0.2, 0.25) is 5.91 Å². The van der Waals surface area contributed by atoms with Gasteiger partial charge in [0.1, 0.15) is 0 Å². The second kappa shape index (κ2) is 4.78. The van der Waals surface area contributed by atoms with Crippen molar-refractivity contribution in [1.82, 2.24) is 10.2 Å². The van der Waals surface area contributed by atoms with E-state index in [1.165, 1.54) is 6.92 Å². The summed E-state index contributed by atoms with van der Waals surface area (Å²) in [7, 11) is 0. The molecule has 1 rings (SSSR count). The summed E-state index contributed by atoms with van der Waals surface area (Å²) in [4.78, 5) is 35.0. The highest BCUT2D eigenvalue weighted by molar-refractivity contribution is 6.00. The van der Waals surface area contributed by atoms with Crippen molar-refractivity contribution in [1.29, 1.82) is 0 Å². The predicted octanol–water partition coefficient (Wildman–Crippen LogP) is 0.395. The quantitative estimate of drug-likeness (QED) is 0.691. The Labute approximate surface area is 93.2 Å². The van der Waals surface area contributed by atoms with Crippen molar-refractivity contribution in [3.8, 4) is 0 Å². The Bertz CT molecular complexity index is 373. The monoisotopic (exact) mass is 226 g/mol. The Morgan fingerprint density at radius 2 is 2.12 bits per heavy atom. The third-order valence-corrected chi connectivity index (χ3v) is 2.21. The molecule has 1 aliphatic heterocycles. The van der Waals surface area contributed by atoms with Crippen LogP contribution in [-0.4, -0.2) is 36.0 Å². The van der Waals surface area contributed by atoms with Crippen LogP contribution in [0.1, 0.15) is 20.8 Å². The average Bonchev–Trinajstić information content (AvgIpc) is 2.17. The minimum atomic E-state index is -0.516. The van der Waals surface area contributed by atoms with E-state index in [2.05, 4.69) is 5.32 Å². The molecule has 6 heteroatoms. The molecule has 1 aliphatic rings. The Hall–Kier alpha value is -1.85. The van der Waals surface area contributed by atoms with Gasteiger partial charge < -0.3 is 10.1 Å². The first-order valence-electron chi connectivity index (χ1n) is 4.93. The van der Waals surface area contributed by atoms with E-state index >= 15 is 0 Å². The van der Waals surface area contributed by atoms with Crippen LogP contribution in [0.4, 0.5) is 4.79 Å². The van der Waals surface area contributed by atoms with Gasteiger partial charge in [-0.15, -0.1) is 0 Å². The molecular weight excluding hydrogens is 212 g/mol. The largest absolute Gasteiger partial charge is 0.463 e. The van der Waals surface area contributed by atoms with E-state index in [4.69, 9.17) is 4.74 Å². The van der Waals surface area contributed by atoms with E-state index in [1.807, 2.05) is 0 Å². The molecule has 0 aromatic heterocycles. The number of allylic oxidation sites excluding steroid dienone is 1. The first-order chi connectivity index (χ1) is 7.47. The lowest BCUT2D eigenvalue weighted by molar-refractivity contribution is -0.139. The molecule has 0 fully saturated rings. The Kier molecular flexibility index (Phi) is 3.65. The lowest BCUT2D eigenvalue weighted by Gasteiger charge is -2.26. The molecule has 0 bridgehead atoms. The van der Waals surface area contributed by atoms with Gasteiger partial charge in [-0.25, -0.2) is 9.59 Å². The van der Waals surface area contributed by atoms with E-state index in [0.29, 0.717) is 11.3 Å². The lowest BCUT2D eigenvalue weighted by atomic mass is 10.1. The highest BCUT2D eigenvalue weighted by atomic mass is 16.5. The van der Waals surface area contributed by atoms with E-state index in [-0.39, 0.29) is 13.2 Å². The number of nitrogens with zero attached hydrogens (tertiary/aromatic N) is 1. The Morgan fingerprint density at radius 3 is 2.62 bits per heavy atom. The van der Waals surface area contributed by atoms with Gasteiger partial charge in [0.05, 0.1) is 18.7 Å². The third-order valence-electron chi connectivity index (χ3n) is 2.21. The van der Waals surface area contributed by atoms with E-state index in [1.54, 1.807) is 13.8 Å². The minimum absolute atomic E-state index is 0.0359. The van der Waals surface area contributed by atoms with Gasteiger partial charge in [-0.2, -0.15) is 0 Å². The van der Waals surface area contributed by atoms with Crippen molar-refractivity contribution >= 4 is 17.9 Å². The molecule has 0 aliphatic carbocycles. The Balaban J connectivity index is 2.92. The molecule has 16 heavy (non-hydrogen) atoms. The smallest absolute Gasteiger partial charge is 0.337 e. The van der Waals surface area contributed by atoms with Crippen LogP contribution in [0.3, 0.4) is 0 Å². The zero-order valence-electron chi connectivity index (χ0n) is 9.49. The molecule has 0 radical (unpaired) electrons. The van der Waals surface area contributed by atoms with Crippen molar-refractivity contribution in [2.24, 2.45) is 0 Å². The van der Waals surface area contributed by atoms with Gasteiger partial charge in [0.15, 0.2) is 0 Å². The SMILES string of the molecule is CCOC(=O)C1=C(C)NC(=O)N(C(C)=O)C1. The van der Waals surface area contributed by atoms with E-state index < -0.39 is 17.9 Å². The van der Waals surface area contributed by atoms with Crippen LogP contribution >= 0.6 is 0 Å². The molecule has 0 aromatic rings. The number of carbonyl (C=O) groups excluding carboxylic acids is 3. The number of amides is 3. The summed E-state index contributed by atoms with van der Waals surface area (Å²) in [6.07, 6.45) is 0. The summed E-state index contributed by atoms with van der Waals surface area (Å²) in [5.41, 5.74) is 0.734. The summed E-state index contributed by atoms with van der Waals surface area (Å²) in [6.45, 7) is 4.78. The number of imide groups is 1. The molecule has 0 aromatic carbocycles. The number of carbonyl (C=O) groups is 3. The fraction of sp³-hybridized carbons (Fsp3) is 0.500. The van der Waals surface area contributed by atoms with Crippen LogP contribution in [0, 0.1) is 0 Å². The molecule has 1 heterocycles. The molecule has 0 spiro atoms. The summed E-state index contributed by atoms with van der Waals surface area (Å²) in [5, 5.41) is 2.45. The lowest BCUT2D eigenvalue weighted by Crippen LogP contribution is -2.48. The number of ether oxygens (including phenoxy) is 1. The molecule has 3 amide bonds. The highest BCUT2D eigenvalue weighted by Crippen LogP contribution is 2.13. The van der Waals surface area contributed by atoms with E-state index in [9.17, 15) is 14.4 Å². The van der Waals surface area contributed by atoms with Crippen LogP contribution in [0.5, 0.6) is 0 Å². The maximum atomic E-state index is 11.5. The minimum Gasteiger partial charge on any atom is -0.463 e. The fourth-order valence-corrected chi connectivity index (χ4v) is 1.34. The summed E-state index contributed by atoms with van der Waals surface area (Å²) >= 11 is 0. The molecule has 6 nitrogen and oxygen atoms in total. The van der Waals surface area contributed by atoms with Crippen molar-refractivity contribution < 1.29 is 19.1 Å². The second-order valence-electron chi connectivity index (χ2n) is 3.36. The van der Waals surface area contributed by atoms with Crippen LogP contribution in [0.25, 0.3) is 0 Å². The van der Waals surface area contributed by atoms with Gasteiger partial charge in [0.25, 0.3) is 0 Å². The summed E-state index contributed by atoms with van der Waals surface area (Å²) in [6, 6.07) is -0.516. The van der Waals surface area contributed by atoms with Gasteiger partial charge in [-0.05, 0) is 13.8 Å². The topological polar surface area (TPSA) is 75.7 Å². The molecule has 88 valence electrons. The molecule has 0 saturated carbocycles. The molecule has 0 atom stereocenters. The molecular formula is C10H14N2O4. The fourth-order valence-electron chi connectivity index (χ4n) is 1.34.